The van der Waals surface area contributed by atoms with Crippen molar-refractivity contribution in [1.82, 2.24) is 24.5 Å². The molecule has 2 aromatic heterocycles. The van der Waals surface area contributed by atoms with Gasteiger partial charge in [0.25, 0.3) is 5.56 Å². The Morgan fingerprint density at radius 1 is 1.31 bits per heavy atom. The molecule has 0 aliphatic rings. The van der Waals surface area contributed by atoms with Crippen molar-refractivity contribution in [2.75, 3.05) is 0 Å². The van der Waals surface area contributed by atoms with Gasteiger partial charge in [0.2, 0.25) is 11.7 Å². The first-order chi connectivity index (χ1) is 12.4. The number of fused-ring (bicyclic) bond motifs is 3. The number of nitrogens with zero attached hydrogens (tertiary/aromatic N) is 4. The van der Waals surface area contributed by atoms with Crippen LogP contribution in [0.3, 0.4) is 0 Å². The molecule has 1 unspecified atom stereocenters. The standard InChI is InChI=1S/C18H21N5O2S/c1-5-10-22-16(25)13-8-6-7-9-14(13)23-17(22)20-21-18(23)26-12(4)15(24)19-11(2)3/h5-9,11-12H,1,10H2,2-4H3,(H,19,24). The summed E-state index contributed by atoms with van der Waals surface area (Å²) in [6, 6.07) is 7.39. The highest BCUT2D eigenvalue weighted by Gasteiger charge is 2.21. The second kappa shape index (κ2) is 7.33. The smallest absolute Gasteiger partial charge is 0.263 e. The number of nitrogens with one attached hydrogen (secondary N) is 1. The van der Waals surface area contributed by atoms with Gasteiger partial charge < -0.3 is 5.32 Å². The topological polar surface area (TPSA) is 81.3 Å². The van der Waals surface area contributed by atoms with Crippen LogP contribution in [0.2, 0.25) is 0 Å². The minimum Gasteiger partial charge on any atom is -0.353 e. The third-order valence-corrected chi connectivity index (χ3v) is 4.91. The first-order valence-corrected chi connectivity index (χ1v) is 9.26. The molecule has 2 heterocycles. The summed E-state index contributed by atoms with van der Waals surface area (Å²) in [5.74, 6) is 0.373. The number of thioether (sulfide) groups is 1. The Labute approximate surface area is 155 Å². The molecule has 7 nitrogen and oxygen atoms in total. The van der Waals surface area contributed by atoms with E-state index in [1.165, 1.54) is 16.3 Å². The van der Waals surface area contributed by atoms with Crippen LogP contribution in [-0.2, 0) is 11.3 Å². The van der Waals surface area contributed by atoms with Crippen LogP contribution >= 0.6 is 11.8 Å². The van der Waals surface area contributed by atoms with E-state index in [-0.39, 0.29) is 22.8 Å². The normalized spacial score (nSPS) is 12.6. The number of rotatable bonds is 6. The molecule has 0 aliphatic carbocycles. The summed E-state index contributed by atoms with van der Waals surface area (Å²) < 4.78 is 3.36. The van der Waals surface area contributed by atoms with Crippen molar-refractivity contribution in [3.8, 4) is 0 Å². The number of para-hydroxylation sites is 1. The molecule has 0 saturated carbocycles. The first-order valence-electron chi connectivity index (χ1n) is 8.38. The number of hydrogen-bond donors (Lipinski definition) is 1. The lowest BCUT2D eigenvalue weighted by Crippen LogP contribution is -2.36. The Kier molecular flexibility index (Phi) is 5.13. The Hall–Kier alpha value is -2.61. The summed E-state index contributed by atoms with van der Waals surface area (Å²) in [5, 5.41) is 12.1. The lowest BCUT2D eigenvalue weighted by molar-refractivity contribution is -0.120. The Morgan fingerprint density at radius 2 is 2.04 bits per heavy atom. The molecule has 3 aromatic rings. The van der Waals surface area contributed by atoms with E-state index in [2.05, 4.69) is 22.1 Å². The van der Waals surface area contributed by atoms with E-state index in [4.69, 9.17) is 0 Å². The summed E-state index contributed by atoms with van der Waals surface area (Å²) in [6.45, 7) is 9.71. The van der Waals surface area contributed by atoms with Crippen LogP contribution in [0, 0.1) is 0 Å². The third-order valence-electron chi connectivity index (χ3n) is 3.87. The van der Waals surface area contributed by atoms with Gasteiger partial charge in [-0.15, -0.1) is 16.8 Å². The zero-order valence-electron chi connectivity index (χ0n) is 15.0. The van der Waals surface area contributed by atoms with Crippen molar-refractivity contribution < 1.29 is 4.79 Å². The van der Waals surface area contributed by atoms with Crippen molar-refractivity contribution in [1.29, 1.82) is 0 Å². The van der Waals surface area contributed by atoms with E-state index in [9.17, 15) is 9.59 Å². The van der Waals surface area contributed by atoms with Crippen molar-refractivity contribution in [2.24, 2.45) is 0 Å². The average molecular weight is 371 g/mol. The van der Waals surface area contributed by atoms with Crippen LogP contribution in [0.25, 0.3) is 16.7 Å². The molecular weight excluding hydrogens is 350 g/mol. The Bertz CT molecular complexity index is 1040. The quantitative estimate of drug-likeness (QED) is 0.531. The van der Waals surface area contributed by atoms with Gasteiger partial charge in [-0.25, -0.2) is 0 Å². The van der Waals surface area contributed by atoms with E-state index in [0.717, 1.165) is 5.52 Å². The zero-order valence-corrected chi connectivity index (χ0v) is 15.8. The first kappa shape index (κ1) is 18.2. The molecule has 0 aliphatic heterocycles. The molecule has 0 radical (unpaired) electrons. The van der Waals surface area contributed by atoms with Gasteiger partial charge in [0.15, 0.2) is 5.16 Å². The average Bonchev–Trinajstić information content (AvgIpc) is 3.01. The molecule has 3 rings (SSSR count). The van der Waals surface area contributed by atoms with E-state index in [0.29, 0.717) is 22.9 Å². The van der Waals surface area contributed by atoms with Gasteiger partial charge in [0.1, 0.15) is 0 Å². The van der Waals surface area contributed by atoms with Crippen LogP contribution in [0.4, 0.5) is 0 Å². The lowest BCUT2D eigenvalue weighted by Gasteiger charge is -2.14. The molecule has 1 amide bonds. The van der Waals surface area contributed by atoms with Gasteiger partial charge in [-0.1, -0.05) is 30.0 Å². The summed E-state index contributed by atoms with van der Waals surface area (Å²) in [5.41, 5.74) is 0.583. The van der Waals surface area contributed by atoms with E-state index in [1.807, 2.05) is 43.4 Å². The summed E-state index contributed by atoms with van der Waals surface area (Å²) >= 11 is 1.31. The SMILES string of the molecule is C=CCn1c(=O)c2ccccc2n2c(SC(C)C(=O)NC(C)C)nnc12. The van der Waals surface area contributed by atoms with Crippen molar-refractivity contribution >= 4 is 34.3 Å². The summed E-state index contributed by atoms with van der Waals surface area (Å²) in [7, 11) is 0. The number of hydrogen-bond acceptors (Lipinski definition) is 5. The lowest BCUT2D eigenvalue weighted by atomic mass is 10.2. The number of amides is 1. The van der Waals surface area contributed by atoms with Crippen LogP contribution in [0.1, 0.15) is 20.8 Å². The van der Waals surface area contributed by atoms with E-state index >= 15 is 0 Å². The molecule has 8 heteroatoms. The van der Waals surface area contributed by atoms with Crippen molar-refractivity contribution in [3.63, 3.8) is 0 Å². The molecule has 0 fully saturated rings. The Morgan fingerprint density at radius 3 is 2.73 bits per heavy atom. The van der Waals surface area contributed by atoms with Gasteiger partial charge in [0, 0.05) is 12.6 Å². The van der Waals surface area contributed by atoms with Crippen LogP contribution in [0.5, 0.6) is 0 Å². The number of aromatic nitrogens is 4. The fourth-order valence-corrected chi connectivity index (χ4v) is 3.58. The second-order valence-electron chi connectivity index (χ2n) is 6.26. The molecule has 0 spiro atoms. The molecule has 1 N–H and O–H groups in total. The highest BCUT2D eigenvalue weighted by Crippen LogP contribution is 2.25. The molecule has 1 aromatic carbocycles. The van der Waals surface area contributed by atoms with Gasteiger partial charge >= 0.3 is 0 Å². The number of carbonyl (C=O) groups excluding carboxylic acids is 1. The fraction of sp³-hybridized carbons (Fsp3) is 0.333. The molecule has 0 bridgehead atoms. The van der Waals surface area contributed by atoms with Gasteiger partial charge in [-0.2, -0.15) is 0 Å². The van der Waals surface area contributed by atoms with Gasteiger partial charge in [-0.3, -0.25) is 18.6 Å². The maximum absolute atomic E-state index is 12.8. The van der Waals surface area contributed by atoms with E-state index < -0.39 is 0 Å². The molecule has 136 valence electrons. The molecule has 26 heavy (non-hydrogen) atoms. The predicted molar refractivity (Wildman–Crippen MR) is 104 cm³/mol. The summed E-state index contributed by atoms with van der Waals surface area (Å²) in [4.78, 5) is 25.0. The highest BCUT2D eigenvalue weighted by molar-refractivity contribution is 8.00. The van der Waals surface area contributed by atoms with Crippen molar-refractivity contribution in [2.45, 2.75) is 43.8 Å². The maximum Gasteiger partial charge on any atom is 0.263 e. The zero-order chi connectivity index (χ0) is 18.8. The third kappa shape index (κ3) is 3.24. The number of allylic oxidation sites excluding steroid dienone is 1. The summed E-state index contributed by atoms with van der Waals surface area (Å²) in [6.07, 6.45) is 1.65. The minimum absolute atomic E-state index is 0.0644. The number of carbonyl (C=O) groups is 1. The second-order valence-corrected chi connectivity index (χ2v) is 7.57. The van der Waals surface area contributed by atoms with Gasteiger partial charge in [0.05, 0.1) is 16.2 Å². The molecule has 1 atom stereocenters. The van der Waals surface area contributed by atoms with Crippen molar-refractivity contribution in [3.05, 3.63) is 47.3 Å². The maximum atomic E-state index is 12.8. The fourth-order valence-electron chi connectivity index (χ4n) is 2.72. The number of benzene rings is 1. The van der Waals surface area contributed by atoms with E-state index in [1.54, 1.807) is 12.1 Å². The predicted octanol–water partition coefficient (Wildman–Crippen LogP) is 2.24. The van der Waals surface area contributed by atoms with Crippen LogP contribution in [0.15, 0.2) is 46.9 Å². The van der Waals surface area contributed by atoms with Crippen LogP contribution < -0.4 is 10.9 Å². The monoisotopic (exact) mass is 371 g/mol. The van der Waals surface area contributed by atoms with Gasteiger partial charge in [-0.05, 0) is 32.9 Å². The van der Waals surface area contributed by atoms with Crippen LogP contribution in [-0.4, -0.2) is 36.4 Å². The molecular formula is C18H21N5O2S. The largest absolute Gasteiger partial charge is 0.353 e. The highest BCUT2D eigenvalue weighted by atomic mass is 32.2. The molecule has 0 saturated heterocycles. The Balaban J connectivity index is 2.15. The minimum atomic E-state index is -0.344.